The molecule has 0 unspecified atom stereocenters. The fourth-order valence-electron chi connectivity index (χ4n) is 2.39. The summed E-state index contributed by atoms with van der Waals surface area (Å²) >= 11 is 0. The molecule has 0 aliphatic carbocycles. The number of hydrogen-bond donors (Lipinski definition) is 0. The van der Waals surface area contributed by atoms with E-state index in [1.807, 2.05) is 0 Å². The lowest BCUT2D eigenvalue weighted by Crippen LogP contribution is -1.97. The van der Waals surface area contributed by atoms with E-state index < -0.39 is 0 Å². The van der Waals surface area contributed by atoms with Crippen molar-refractivity contribution in [3.8, 4) is 0 Å². The number of unbranched alkanes of at least 4 members (excludes halogenated alkanes) is 11. The van der Waals surface area contributed by atoms with Crippen LogP contribution in [0.1, 0.15) is 84.0 Å². The van der Waals surface area contributed by atoms with E-state index in [2.05, 4.69) is 20.0 Å². The Morgan fingerprint density at radius 2 is 0.889 bits per heavy atom. The fraction of sp³-hybridized carbons (Fsp3) is 1.00. The molecular formula is C16H38OSi. The molecule has 1 nitrogen and oxygen atoms in total. The van der Waals surface area contributed by atoms with Gasteiger partial charge in [-0.25, -0.2) is 0 Å². The maximum Gasteiger partial charge on any atom is 0.0305 e. The Labute approximate surface area is 118 Å². The molecule has 0 spiro atoms. The minimum absolute atomic E-state index is 0. The van der Waals surface area contributed by atoms with Crippen LogP contribution in [-0.4, -0.2) is 14.3 Å². The Morgan fingerprint density at radius 1 is 0.556 bits per heavy atom. The van der Waals surface area contributed by atoms with E-state index in [4.69, 9.17) is 0 Å². The lowest BCUT2D eigenvalue weighted by atomic mass is 10.1. The third kappa shape index (κ3) is 18.5. The van der Waals surface area contributed by atoms with Gasteiger partial charge in [0.1, 0.15) is 0 Å². The van der Waals surface area contributed by atoms with E-state index in [0.29, 0.717) is 0 Å². The van der Waals surface area contributed by atoms with Gasteiger partial charge in [-0.05, 0) is 0 Å². The molecule has 2 N–H and O–H groups in total. The molecule has 18 heavy (non-hydrogen) atoms. The standard InChI is InChI=1S/C16H36Si.H2O/c1-4-5-6-7-8-9-10-11-12-13-14-15-16-17(2)3;/h17H,4-16H2,1-3H3;1H2. The molecule has 0 saturated heterocycles. The Balaban J connectivity index is 0. The highest BCUT2D eigenvalue weighted by molar-refractivity contribution is 6.55. The number of hydrogen-bond acceptors (Lipinski definition) is 0. The molecule has 0 amide bonds. The fourth-order valence-corrected chi connectivity index (χ4v) is 3.50. The van der Waals surface area contributed by atoms with E-state index in [1.54, 1.807) is 6.04 Å². The van der Waals surface area contributed by atoms with E-state index in [9.17, 15) is 0 Å². The van der Waals surface area contributed by atoms with Gasteiger partial charge >= 0.3 is 0 Å². The Kier molecular flexibility index (Phi) is 19.6. The zero-order valence-electron chi connectivity index (χ0n) is 13.3. The van der Waals surface area contributed by atoms with Crippen molar-refractivity contribution >= 4 is 8.80 Å². The zero-order chi connectivity index (χ0) is 12.8. The van der Waals surface area contributed by atoms with Crippen LogP contribution < -0.4 is 0 Å². The summed E-state index contributed by atoms with van der Waals surface area (Å²) in [4.78, 5) is 0. The van der Waals surface area contributed by atoms with Gasteiger partial charge in [0.05, 0.1) is 0 Å². The molecule has 0 atom stereocenters. The summed E-state index contributed by atoms with van der Waals surface area (Å²) in [6, 6.07) is 1.57. The Morgan fingerprint density at radius 3 is 1.22 bits per heavy atom. The topological polar surface area (TPSA) is 31.5 Å². The maximum absolute atomic E-state index is 2.47. The summed E-state index contributed by atoms with van der Waals surface area (Å²) in [5.74, 6) is 0. The zero-order valence-corrected chi connectivity index (χ0v) is 14.4. The average Bonchev–Trinajstić information content (AvgIpc) is 2.30. The average molecular weight is 275 g/mol. The molecular weight excluding hydrogens is 236 g/mol. The van der Waals surface area contributed by atoms with Crippen LogP contribution in [0.2, 0.25) is 19.1 Å². The first kappa shape index (κ1) is 20.5. The van der Waals surface area contributed by atoms with Crippen LogP contribution in [-0.2, 0) is 0 Å². The molecule has 0 rings (SSSR count). The maximum atomic E-state index is 2.47. The van der Waals surface area contributed by atoms with Crippen LogP contribution in [0, 0.1) is 0 Å². The highest BCUT2D eigenvalue weighted by Gasteiger charge is 1.96. The van der Waals surface area contributed by atoms with Crippen LogP contribution in [0.3, 0.4) is 0 Å². The SMILES string of the molecule is CCCCCCCCCCCCCC[SiH](C)C.O. The minimum Gasteiger partial charge on any atom is -0.412 e. The van der Waals surface area contributed by atoms with Crippen molar-refractivity contribution < 1.29 is 5.48 Å². The predicted octanol–water partition coefficient (Wildman–Crippen LogP) is 5.35. The predicted molar refractivity (Wildman–Crippen MR) is 88.4 cm³/mol. The lowest BCUT2D eigenvalue weighted by Gasteiger charge is -2.04. The Bertz CT molecular complexity index is 137. The first-order chi connectivity index (χ1) is 8.27. The van der Waals surface area contributed by atoms with Crippen molar-refractivity contribution in [1.29, 1.82) is 0 Å². The molecule has 0 heterocycles. The van der Waals surface area contributed by atoms with Crippen molar-refractivity contribution in [1.82, 2.24) is 0 Å². The van der Waals surface area contributed by atoms with Crippen LogP contribution in [0.25, 0.3) is 0 Å². The van der Waals surface area contributed by atoms with Gasteiger partial charge in [0.2, 0.25) is 0 Å². The lowest BCUT2D eigenvalue weighted by molar-refractivity contribution is 0.547. The van der Waals surface area contributed by atoms with Gasteiger partial charge in [-0.2, -0.15) is 0 Å². The van der Waals surface area contributed by atoms with E-state index in [-0.39, 0.29) is 14.3 Å². The van der Waals surface area contributed by atoms with Crippen LogP contribution in [0.5, 0.6) is 0 Å². The highest BCUT2D eigenvalue weighted by atomic mass is 28.3. The molecule has 0 fully saturated rings. The van der Waals surface area contributed by atoms with E-state index in [1.165, 1.54) is 77.0 Å². The van der Waals surface area contributed by atoms with Gasteiger partial charge in [0, 0.05) is 8.80 Å². The van der Waals surface area contributed by atoms with Gasteiger partial charge in [-0.3, -0.25) is 0 Å². The van der Waals surface area contributed by atoms with Crippen molar-refractivity contribution in [3.63, 3.8) is 0 Å². The van der Waals surface area contributed by atoms with Crippen LogP contribution in [0.15, 0.2) is 0 Å². The third-order valence-corrected chi connectivity index (χ3v) is 5.20. The van der Waals surface area contributed by atoms with Gasteiger partial charge in [0.15, 0.2) is 0 Å². The molecule has 0 aliphatic rings. The van der Waals surface area contributed by atoms with Crippen molar-refractivity contribution in [2.24, 2.45) is 0 Å². The molecule has 0 radical (unpaired) electrons. The van der Waals surface area contributed by atoms with Crippen molar-refractivity contribution in [3.05, 3.63) is 0 Å². The van der Waals surface area contributed by atoms with E-state index >= 15 is 0 Å². The van der Waals surface area contributed by atoms with Gasteiger partial charge < -0.3 is 5.48 Å². The molecule has 0 aromatic carbocycles. The summed E-state index contributed by atoms with van der Waals surface area (Å²) in [5.41, 5.74) is 0. The van der Waals surface area contributed by atoms with Crippen LogP contribution >= 0.6 is 0 Å². The van der Waals surface area contributed by atoms with Gasteiger partial charge in [-0.15, -0.1) is 0 Å². The van der Waals surface area contributed by atoms with Crippen molar-refractivity contribution in [2.75, 3.05) is 0 Å². The summed E-state index contributed by atoms with van der Waals surface area (Å²) in [7, 11) is -0.255. The molecule has 0 saturated carbocycles. The minimum atomic E-state index is -0.255. The van der Waals surface area contributed by atoms with E-state index in [0.717, 1.165) is 0 Å². The summed E-state index contributed by atoms with van der Waals surface area (Å²) in [6.07, 6.45) is 17.7. The van der Waals surface area contributed by atoms with Gasteiger partial charge in [0.25, 0.3) is 0 Å². The first-order valence-corrected chi connectivity index (χ1v) is 11.4. The third-order valence-electron chi connectivity index (χ3n) is 3.64. The Hall–Kier alpha value is 0.177. The first-order valence-electron chi connectivity index (χ1n) is 8.27. The second-order valence-electron chi connectivity index (χ2n) is 6.07. The molecule has 112 valence electrons. The van der Waals surface area contributed by atoms with Gasteiger partial charge in [-0.1, -0.05) is 103 Å². The second-order valence-corrected chi connectivity index (χ2v) is 9.44. The molecule has 0 aromatic rings. The quantitative estimate of drug-likeness (QED) is 0.320. The van der Waals surface area contributed by atoms with Crippen molar-refractivity contribution in [2.45, 2.75) is 103 Å². The highest BCUT2D eigenvalue weighted by Crippen LogP contribution is 2.12. The summed E-state index contributed by atoms with van der Waals surface area (Å²) in [6.45, 7) is 7.23. The molecule has 0 aliphatic heterocycles. The smallest absolute Gasteiger partial charge is 0.0305 e. The molecule has 2 heteroatoms. The summed E-state index contributed by atoms with van der Waals surface area (Å²) < 4.78 is 0. The monoisotopic (exact) mass is 274 g/mol. The van der Waals surface area contributed by atoms with Crippen LogP contribution in [0.4, 0.5) is 0 Å². The second kappa shape index (κ2) is 17.2. The largest absolute Gasteiger partial charge is 0.412 e. The normalized spacial score (nSPS) is 10.7. The number of rotatable bonds is 13. The molecule has 0 aromatic heterocycles. The summed E-state index contributed by atoms with van der Waals surface area (Å²) in [5, 5.41) is 0. The molecule has 0 bridgehead atoms.